The van der Waals surface area contributed by atoms with Crippen molar-refractivity contribution in [3.8, 4) is 5.75 Å². The first kappa shape index (κ1) is 19.6. The fraction of sp³-hybridized carbons (Fsp3) is 0.333. The van der Waals surface area contributed by atoms with Crippen LogP contribution in [0.3, 0.4) is 0 Å². The number of aromatic amines is 1. The van der Waals surface area contributed by atoms with Crippen molar-refractivity contribution in [2.45, 2.75) is 18.5 Å². The van der Waals surface area contributed by atoms with Crippen LogP contribution in [-0.2, 0) is 20.7 Å². The Hall–Kier alpha value is -3.32. The summed E-state index contributed by atoms with van der Waals surface area (Å²) >= 11 is 0. The molecule has 0 radical (unpaired) electrons. The highest BCUT2D eigenvalue weighted by Gasteiger charge is 2.48. The van der Waals surface area contributed by atoms with Gasteiger partial charge in [-0.1, -0.05) is 30.3 Å². The molecular formula is C24H25N3O4. The molecule has 3 heterocycles. The van der Waals surface area contributed by atoms with E-state index in [0.29, 0.717) is 19.6 Å². The molecule has 1 aromatic heterocycles. The minimum absolute atomic E-state index is 0.0273. The summed E-state index contributed by atoms with van der Waals surface area (Å²) in [5, 5.41) is 1.03. The van der Waals surface area contributed by atoms with Gasteiger partial charge in [0.2, 0.25) is 11.8 Å². The van der Waals surface area contributed by atoms with E-state index in [4.69, 9.17) is 9.47 Å². The van der Waals surface area contributed by atoms with E-state index in [-0.39, 0.29) is 24.4 Å². The van der Waals surface area contributed by atoms with Gasteiger partial charge in [-0.2, -0.15) is 0 Å². The van der Waals surface area contributed by atoms with Gasteiger partial charge in [-0.15, -0.1) is 0 Å². The smallest absolute Gasteiger partial charge is 0.246 e. The molecule has 0 saturated carbocycles. The molecule has 2 aromatic carbocycles. The normalized spacial score (nSPS) is 20.7. The zero-order valence-electron chi connectivity index (χ0n) is 17.6. The minimum Gasteiger partial charge on any atom is -0.497 e. The Morgan fingerprint density at radius 2 is 1.90 bits per heavy atom. The van der Waals surface area contributed by atoms with E-state index in [1.807, 2.05) is 48.5 Å². The molecule has 7 heteroatoms. The molecule has 0 bridgehead atoms. The maximum absolute atomic E-state index is 13.4. The first-order valence-electron chi connectivity index (χ1n) is 10.4. The topological polar surface area (TPSA) is 74.9 Å². The number of hydrogen-bond acceptors (Lipinski definition) is 4. The van der Waals surface area contributed by atoms with Crippen molar-refractivity contribution in [3.05, 3.63) is 65.4 Å². The van der Waals surface area contributed by atoms with Crippen LogP contribution in [-0.4, -0.2) is 66.6 Å². The van der Waals surface area contributed by atoms with Crippen LogP contribution in [0.1, 0.15) is 22.9 Å². The summed E-state index contributed by atoms with van der Waals surface area (Å²) in [6.07, 6.45) is 0.472. The predicted molar refractivity (Wildman–Crippen MR) is 116 cm³/mol. The Balaban J connectivity index is 1.67. The molecule has 160 valence electrons. The minimum atomic E-state index is -0.541. The Kier molecular flexibility index (Phi) is 4.90. The largest absolute Gasteiger partial charge is 0.497 e. The molecule has 2 amide bonds. The third-order valence-corrected chi connectivity index (χ3v) is 6.32. The standard InChI is InChI=1S/C24H25N3O4/c1-30-11-10-26-14-21(28)27-20(24(26)29)13-18-17-12-16(31-2)8-9-19(17)25-22(18)23(27)15-6-4-3-5-7-15/h3-9,12,20,23,25H,10-11,13-14H2,1-2H3/t20?,23-/m0/s1. The Morgan fingerprint density at radius 1 is 1.10 bits per heavy atom. The van der Waals surface area contributed by atoms with Gasteiger partial charge in [0, 0.05) is 36.7 Å². The summed E-state index contributed by atoms with van der Waals surface area (Å²) in [7, 11) is 3.24. The Bertz CT molecular complexity index is 1140. The van der Waals surface area contributed by atoms with Gasteiger partial charge in [0.25, 0.3) is 0 Å². The molecule has 5 rings (SSSR count). The van der Waals surface area contributed by atoms with E-state index < -0.39 is 6.04 Å². The lowest BCUT2D eigenvalue weighted by atomic mass is 9.86. The molecule has 7 nitrogen and oxygen atoms in total. The number of H-pyrrole nitrogens is 1. The van der Waals surface area contributed by atoms with Crippen molar-refractivity contribution >= 4 is 22.7 Å². The molecule has 1 saturated heterocycles. The molecule has 0 aliphatic carbocycles. The fourth-order valence-corrected chi connectivity index (χ4v) is 4.85. The van der Waals surface area contributed by atoms with Gasteiger partial charge in [0.05, 0.1) is 26.3 Å². The van der Waals surface area contributed by atoms with Crippen molar-refractivity contribution in [1.82, 2.24) is 14.8 Å². The second-order valence-corrected chi connectivity index (χ2v) is 8.02. The van der Waals surface area contributed by atoms with Gasteiger partial charge >= 0.3 is 0 Å². The lowest BCUT2D eigenvalue weighted by Crippen LogP contribution is -2.63. The van der Waals surface area contributed by atoms with Crippen LogP contribution in [0.15, 0.2) is 48.5 Å². The van der Waals surface area contributed by atoms with E-state index in [0.717, 1.165) is 33.5 Å². The number of methoxy groups -OCH3 is 2. The summed E-state index contributed by atoms with van der Waals surface area (Å²) in [5.74, 6) is 0.692. The SMILES string of the molecule is COCCN1CC(=O)N2C(Cc3c([nH]c4ccc(OC)cc34)[C@@H]2c2ccccc2)C1=O. The summed E-state index contributed by atoms with van der Waals surface area (Å²) in [6, 6.07) is 14.9. The number of carbonyl (C=O) groups is 2. The second-order valence-electron chi connectivity index (χ2n) is 8.02. The van der Waals surface area contributed by atoms with Crippen LogP contribution in [0.4, 0.5) is 0 Å². The van der Waals surface area contributed by atoms with E-state index in [1.54, 1.807) is 24.0 Å². The van der Waals surface area contributed by atoms with Gasteiger partial charge in [-0.3, -0.25) is 9.59 Å². The van der Waals surface area contributed by atoms with Crippen LogP contribution < -0.4 is 4.74 Å². The molecule has 3 aromatic rings. The van der Waals surface area contributed by atoms with Crippen LogP contribution in [0.2, 0.25) is 0 Å². The summed E-state index contributed by atoms with van der Waals surface area (Å²) < 4.78 is 10.6. The first-order valence-corrected chi connectivity index (χ1v) is 10.4. The molecule has 1 unspecified atom stereocenters. The third-order valence-electron chi connectivity index (χ3n) is 6.32. The maximum Gasteiger partial charge on any atom is 0.246 e. The number of carbonyl (C=O) groups excluding carboxylic acids is 2. The second kappa shape index (κ2) is 7.74. The highest BCUT2D eigenvalue weighted by atomic mass is 16.5. The highest BCUT2D eigenvalue weighted by Crippen LogP contribution is 2.43. The van der Waals surface area contributed by atoms with E-state index in [2.05, 4.69) is 4.98 Å². The molecular weight excluding hydrogens is 394 g/mol. The van der Waals surface area contributed by atoms with Crippen LogP contribution in [0, 0.1) is 0 Å². The fourth-order valence-electron chi connectivity index (χ4n) is 4.85. The van der Waals surface area contributed by atoms with E-state index >= 15 is 0 Å². The maximum atomic E-state index is 13.4. The van der Waals surface area contributed by atoms with Gasteiger partial charge in [-0.25, -0.2) is 0 Å². The van der Waals surface area contributed by atoms with Gasteiger partial charge < -0.3 is 24.3 Å². The number of benzene rings is 2. The quantitative estimate of drug-likeness (QED) is 0.690. The number of ether oxygens (including phenoxy) is 2. The number of hydrogen-bond donors (Lipinski definition) is 1. The highest BCUT2D eigenvalue weighted by molar-refractivity contribution is 5.97. The number of nitrogens with one attached hydrogen (secondary N) is 1. The van der Waals surface area contributed by atoms with Gasteiger partial charge in [0.1, 0.15) is 11.8 Å². The predicted octanol–water partition coefficient (Wildman–Crippen LogP) is 2.51. The van der Waals surface area contributed by atoms with Crippen molar-refractivity contribution in [2.75, 3.05) is 33.9 Å². The number of fused-ring (bicyclic) bond motifs is 4. The number of amides is 2. The Labute approximate surface area is 180 Å². The number of aromatic nitrogens is 1. The lowest BCUT2D eigenvalue weighted by molar-refractivity contribution is -0.159. The molecule has 2 aliphatic heterocycles. The van der Waals surface area contributed by atoms with Crippen LogP contribution >= 0.6 is 0 Å². The summed E-state index contributed by atoms with van der Waals surface area (Å²) in [6.45, 7) is 0.894. The van der Waals surface area contributed by atoms with Gasteiger partial charge in [-0.05, 0) is 29.3 Å². The van der Waals surface area contributed by atoms with Gasteiger partial charge in [0.15, 0.2) is 0 Å². The molecule has 2 aliphatic rings. The molecule has 2 atom stereocenters. The number of nitrogens with zero attached hydrogens (tertiary/aromatic N) is 2. The van der Waals surface area contributed by atoms with Crippen LogP contribution in [0.25, 0.3) is 10.9 Å². The lowest BCUT2D eigenvalue weighted by Gasteiger charge is -2.47. The van der Waals surface area contributed by atoms with Crippen LogP contribution in [0.5, 0.6) is 5.75 Å². The van der Waals surface area contributed by atoms with Crippen molar-refractivity contribution in [2.24, 2.45) is 0 Å². The van der Waals surface area contributed by atoms with Crippen molar-refractivity contribution < 1.29 is 19.1 Å². The molecule has 0 spiro atoms. The number of rotatable bonds is 5. The zero-order chi connectivity index (χ0) is 21.5. The number of piperazine rings is 1. The summed E-state index contributed by atoms with van der Waals surface area (Å²) in [4.78, 5) is 33.7. The van der Waals surface area contributed by atoms with Crippen molar-refractivity contribution in [1.29, 1.82) is 0 Å². The average Bonchev–Trinajstić information content (AvgIpc) is 3.17. The van der Waals surface area contributed by atoms with E-state index in [9.17, 15) is 9.59 Å². The monoisotopic (exact) mass is 419 g/mol. The van der Waals surface area contributed by atoms with Crippen molar-refractivity contribution in [3.63, 3.8) is 0 Å². The van der Waals surface area contributed by atoms with E-state index in [1.165, 1.54) is 0 Å². The zero-order valence-corrected chi connectivity index (χ0v) is 17.6. The third kappa shape index (κ3) is 3.16. The molecule has 1 N–H and O–H groups in total. The summed E-state index contributed by atoms with van der Waals surface area (Å²) in [5.41, 5.74) is 4.00. The average molecular weight is 419 g/mol. The first-order chi connectivity index (χ1) is 15.1. The Morgan fingerprint density at radius 3 is 2.65 bits per heavy atom. The molecule has 31 heavy (non-hydrogen) atoms. The molecule has 1 fully saturated rings.